The highest BCUT2D eigenvalue weighted by molar-refractivity contribution is 5.68. The van der Waals surface area contributed by atoms with Crippen LogP contribution < -0.4 is 4.74 Å². The Balaban J connectivity index is 1.64. The van der Waals surface area contributed by atoms with E-state index in [1.165, 1.54) is 11.6 Å². The Labute approximate surface area is 149 Å². The summed E-state index contributed by atoms with van der Waals surface area (Å²) in [4.78, 5) is 16.7. The van der Waals surface area contributed by atoms with Crippen molar-refractivity contribution in [3.8, 4) is 23.1 Å². The summed E-state index contributed by atoms with van der Waals surface area (Å²) in [5.74, 6) is 0.238. The van der Waals surface area contributed by atoms with E-state index >= 15 is 0 Å². The van der Waals surface area contributed by atoms with Gasteiger partial charge in [0, 0.05) is 29.7 Å². The number of ether oxygens (including phenoxy) is 1. The van der Waals surface area contributed by atoms with Gasteiger partial charge in [0.15, 0.2) is 0 Å². The molecule has 0 saturated carbocycles. The second-order valence-electron chi connectivity index (χ2n) is 5.95. The molecule has 1 aliphatic rings. The Morgan fingerprint density at radius 2 is 1.96 bits per heavy atom. The van der Waals surface area contributed by atoms with Gasteiger partial charge in [0.05, 0.1) is 11.9 Å². The maximum absolute atomic E-state index is 12.9. The van der Waals surface area contributed by atoms with Crippen molar-refractivity contribution in [2.75, 3.05) is 0 Å². The van der Waals surface area contributed by atoms with Gasteiger partial charge >= 0.3 is 0 Å². The Morgan fingerprint density at radius 1 is 1.12 bits per heavy atom. The molecule has 0 atom stereocenters. The first-order valence-corrected chi connectivity index (χ1v) is 8.21. The average molecular weight is 347 g/mol. The summed E-state index contributed by atoms with van der Waals surface area (Å²) in [7, 11) is 0. The number of hydrogen-bond donors (Lipinski definition) is 0. The van der Waals surface area contributed by atoms with Crippen LogP contribution in [0.1, 0.15) is 29.2 Å². The van der Waals surface area contributed by atoms with Crippen LogP contribution >= 0.6 is 0 Å². The van der Waals surface area contributed by atoms with Crippen LogP contribution in [0.25, 0.3) is 11.1 Å². The first-order chi connectivity index (χ1) is 12.7. The Hall–Kier alpha value is -3.40. The van der Waals surface area contributed by atoms with Crippen molar-refractivity contribution >= 4 is 0 Å². The lowest BCUT2D eigenvalue weighted by Crippen LogP contribution is -2.03. The summed E-state index contributed by atoms with van der Waals surface area (Å²) in [6.07, 6.45) is 7.32. The number of hydrogen-bond acceptors (Lipinski definition) is 6. The summed E-state index contributed by atoms with van der Waals surface area (Å²) >= 11 is 0. The molecule has 0 amide bonds. The van der Waals surface area contributed by atoms with Crippen molar-refractivity contribution < 1.29 is 9.13 Å². The summed E-state index contributed by atoms with van der Waals surface area (Å²) in [6, 6.07) is 6.71. The first kappa shape index (κ1) is 16.1. The molecule has 0 radical (unpaired) electrons. The highest BCUT2D eigenvalue weighted by atomic mass is 19.1. The lowest BCUT2D eigenvalue weighted by Gasteiger charge is -2.12. The van der Waals surface area contributed by atoms with E-state index in [1.807, 2.05) is 12.1 Å². The van der Waals surface area contributed by atoms with Gasteiger partial charge in [0.1, 0.15) is 18.5 Å². The predicted octanol–water partition coefficient (Wildman–Crippen LogP) is 3.01. The number of halogens is 1. The number of rotatable bonds is 4. The normalized spacial score (nSPS) is 12.5. The van der Waals surface area contributed by atoms with Gasteiger partial charge in [-0.2, -0.15) is 5.26 Å². The molecule has 26 heavy (non-hydrogen) atoms. The van der Waals surface area contributed by atoms with E-state index in [1.54, 1.807) is 18.5 Å². The zero-order valence-corrected chi connectivity index (χ0v) is 13.8. The van der Waals surface area contributed by atoms with Crippen molar-refractivity contribution in [3.05, 3.63) is 65.4 Å². The van der Waals surface area contributed by atoms with E-state index in [0.29, 0.717) is 11.6 Å². The van der Waals surface area contributed by atoms with E-state index in [0.717, 1.165) is 42.3 Å². The minimum atomic E-state index is -0.382. The Kier molecular flexibility index (Phi) is 4.23. The van der Waals surface area contributed by atoms with Gasteiger partial charge in [-0.3, -0.25) is 4.98 Å². The van der Waals surface area contributed by atoms with Crippen molar-refractivity contribution in [2.24, 2.45) is 0 Å². The lowest BCUT2D eigenvalue weighted by atomic mass is 10.0. The molecular formula is C19H14FN5O. The lowest BCUT2D eigenvalue weighted by molar-refractivity contribution is 0.288. The molecule has 0 fully saturated rings. The van der Waals surface area contributed by atoms with Crippen LogP contribution in [-0.4, -0.2) is 19.9 Å². The van der Waals surface area contributed by atoms with Gasteiger partial charge in [0.2, 0.25) is 11.7 Å². The maximum Gasteiger partial charge on any atom is 0.232 e. The molecule has 0 bridgehead atoms. The molecule has 3 aromatic heterocycles. The van der Waals surface area contributed by atoms with Crippen LogP contribution in [-0.2, 0) is 19.4 Å². The summed E-state index contributed by atoms with van der Waals surface area (Å²) < 4.78 is 18.7. The van der Waals surface area contributed by atoms with Crippen molar-refractivity contribution in [1.82, 2.24) is 19.9 Å². The van der Waals surface area contributed by atoms with Crippen molar-refractivity contribution in [2.45, 2.75) is 25.9 Å². The zero-order valence-electron chi connectivity index (χ0n) is 13.8. The third-order valence-corrected chi connectivity index (χ3v) is 4.25. The first-order valence-electron chi connectivity index (χ1n) is 8.21. The summed E-state index contributed by atoms with van der Waals surface area (Å²) in [5.41, 5.74) is 4.60. The average Bonchev–Trinajstić information content (AvgIpc) is 3.15. The van der Waals surface area contributed by atoms with Gasteiger partial charge in [-0.15, -0.1) is 0 Å². The molecule has 0 aromatic carbocycles. The molecule has 1 aliphatic carbocycles. The minimum Gasteiger partial charge on any atom is -0.471 e. The molecule has 0 unspecified atom stereocenters. The molecule has 6 nitrogen and oxygen atoms in total. The fourth-order valence-corrected chi connectivity index (χ4v) is 3.01. The number of fused-ring (bicyclic) bond motifs is 1. The summed E-state index contributed by atoms with van der Waals surface area (Å²) in [6.45, 7) is 0.204. The molecule has 0 saturated heterocycles. The Morgan fingerprint density at radius 3 is 2.69 bits per heavy atom. The standard InChI is InChI=1S/C19H14FN5O/c20-13-4-5-14(22-10-13)11-26-19-6-16(15-2-1-3-17(15)25-19)12-8-23-18(7-21)24-9-12/h4-6,8-10H,1-3,11H2. The molecule has 0 N–H and O–H groups in total. The van der Waals surface area contributed by atoms with Gasteiger partial charge in [-0.25, -0.2) is 19.3 Å². The van der Waals surface area contributed by atoms with Crippen molar-refractivity contribution in [1.29, 1.82) is 5.26 Å². The number of nitriles is 1. The largest absolute Gasteiger partial charge is 0.471 e. The number of pyridine rings is 2. The number of aromatic nitrogens is 4. The second-order valence-corrected chi connectivity index (χ2v) is 5.95. The minimum absolute atomic E-state index is 0.137. The number of nitrogens with zero attached hydrogens (tertiary/aromatic N) is 5. The smallest absolute Gasteiger partial charge is 0.232 e. The fourth-order valence-electron chi connectivity index (χ4n) is 3.01. The summed E-state index contributed by atoms with van der Waals surface area (Å²) in [5, 5.41) is 8.86. The second kappa shape index (κ2) is 6.84. The highest BCUT2D eigenvalue weighted by Crippen LogP contribution is 2.33. The third kappa shape index (κ3) is 3.22. The van der Waals surface area contributed by atoms with Crippen LogP contribution in [0.5, 0.6) is 5.88 Å². The van der Waals surface area contributed by atoms with E-state index in [9.17, 15) is 4.39 Å². The molecule has 4 rings (SSSR count). The van der Waals surface area contributed by atoms with Gasteiger partial charge in [-0.05, 0) is 42.5 Å². The SMILES string of the molecule is N#Cc1ncc(-c2cc(OCc3ccc(F)cn3)nc3c2CCC3)cn1. The molecular weight excluding hydrogens is 333 g/mol. The third-order valence-electron chi connectivity index (χ3n) is 4.25. The van der Waals surface area contributed by atoms with Gasteiger partial charge in [-0.1, -0.05) is 0 Å². The monoisotopic (exact) mass is 347 g/mol. The topological polar surface area (TPSA) is 84.6 Å². The van der Waals surface area contributed by atoms with E-state index in [2.05, 4.69) is 19.9 Å². The van der Waals surface area contributed by atoms with Gasteiger partial charge in [0.25, 0.3) is 0 Å². The molecule has 3 heterocycles. The fraction of sp³-hybridized carbons (Fsp3) is 0.211. The molecule has 0 spiro atoms. The van der Waals surface area contributed by atoms with E-state index in [-0.39, 0.29) is 18.2 Å². The van der Waals surface area contributed by atoms with E-state index in [4.69, 9.17) is 10.00 Å². The quantitative estimate of drug-likeness (QED) is 0.721. The van der Waals surface area contributed by atoms with Crippen LogP contribution in [0.15, 0.2) is 36.8 Å². The zero-order chi connectivity index (χ0) is 17.9. The van der Waals surface area contributed by atoms with Crippen LogP contribution in [0.4, 0.5) is 4.39 Å². The van der Waals surface area contributed by atoms with Crippen LogP contribution in [0, 0.1) is 17.1 Å². The molecule has 0 aliphatic heterocycles. The molecule has 3 aromatic rings. The van der Waals surface area contributed by atoms with E-state index < -0.39 is 0 Å². The van der Waals surface area contributed by atoms with Crippen molar-refractivity contribution in [3.63, 3.8) is 0 Å². The maximum atomic E-state index is 12.9. The van der Waals surface area contributed by atoms with Crippen LogP contribution in [0.3, 0.4) is 0 Å². The van der Waals surface area contributed by atoms with Crippen LogP contribution in [0.2, 0.25) is 0 Å². The predicted molar refractivity (Wildman–Crippen MR) is 90.5 cm³/mol. The highest BCUT2D eigenvalue weighted by Gasteiger charge is 2.20. The molecule has 7 heteroatoms. The Bertz CT molecular complexity index is 981. The molecule has 128 valence electrons. The number of aryl methyl sites for hydroxylation is 1. The van der Waals surface area contributed by atoms with Gasteiger partial charge < -0.3 is 4.74 Å².